The lowest BCUT2D eigenvalue weighted by Crippen LogP contribution is -2.04. The molecule has 0 atom stereocenters. The lowest BCUT2D eigenvalue weighted by molar-refractivity contribution is 0.563. The predicted molar refractivity (Wildman–Crippen MR) is 64.9 cm³/mol. The number of hydrogen-bond acceptors (Lipinski definition) is 4. The van der Waals surface area contributed by atoms with Gasteiger partial charge < -0.3 is 14.2 Å². The molecule has 0 aliphatic carbocycles. The summed E-state index contributed by atoms with van der Waals surface area (Å²) in [4.78, 5) is 4.33. The lowest BCUT2D eigenvalue weighted by atomic mass is 10.2. The Balaban J connectivity index is 1.65. The van der Waals surface area contributed by atoms with E-state index < -0.39 is 0 Å². The maximum atomic E-state index is 5.54. The van der Waals surface area contributed by atoms with Crippen LogP contribution in [0.25, 0.3) is 11.1 Å². The SMILES string of the molecule is c1ccc2oc(NCCc3ccoc3)nc2c1. The number of nitrogens with zero attached hydrogens (tertiary/aromatic N) is 1. The Morgan fingerprint density at radius 3 is 2.94 bits per heavy atom. The minimum Gasteiger partial charge on any atom is -0.472 e. The highest BCUT2D eigenvalue weighted by molar-refractivity contribution is 5.74. The van der Waals surface area contributed by atoms with Gasteiger partial charge in [-0.15, -0.1) is 0 Å². The Morgan fingerprint density at radius 2 is 2.12 bits per heavy atom. The van der Waals surface area contributed by atoms with Crippen LogP contribution in [0.5, 0.6) is 0 Å². The monoisotopic (exact) mass is 228 g/mol. The minimum atomic E-state index is 0.565. The summed E-state index contributed by atoms with van der Waals surface area (Å²) in [6, 6.07) is 10.2. The first-order valence-electron chi connectivity index (χ1n) is 5.52. The molecule has 3 rings (SSSR count). The fourth-order valence-corrected chi connectivity index (χ4v) is 1.70. The van der Waals surface area contributed by atoms with E-state index in [-0.39, 0.29) is 0 Å². The van der Waals surface area contributed by atoms with Crippen LogP contribution in [0.1, 0.15) is 5.56 Å². The highest BCUT2D eigenvalue weighted by atomic mass is 16.4. The highest BCUT2D eigenvalue weighted by Gasteiger charge is 2.03. The van der Waals surface area contributed by atoms with Crippen molar-refractivity contribution in [2.24, 2.45) is 0 Å². The second-order valence-electron chi connectivity index (χ2n) is 3.80. The molecule has 0 bridgehead atoms. The molecule has 0 fully saturated rings. The summed E-state index contributed by atoms with van der Waals surface area (Å²) in [5.74, 6) is 0. The van der Waals surface area contributed by atoms with E-state index in [1.807, 2.05) is 30.3 Å². The largest absolute Gasteiger partial charge is 0.472 e. The molecule has 0 saturated carbocycles. The summed E-state index contributed by atoms with van der Waals surface area (Å²) >= 11 is 0. The number of anilines is 1. The number of furan rings is 1. The Kier molecular flexibility index (Phi) is 2.54. The van der Waals surface area contributed by atoms with E-state index in [2.05, 4.69) is 10.3 Å². The molecule has 17 heavy (non-hydrogen) atoms. The molecule has 0 radical (unpaired) electrons. The van der Waals surface area contributed by atoms with Gasteiger partial charge in [-0.2, -0.15) is 4.98 Å². The van der Waals surface area contributed by atoms with E-state index in [1.165, 1.54) is 0 Å². The minimum absolute atomic E-state index is 0.565. The van der Waals surface area contributed by atoms with E-state index in [4.69, 9.17) is 8.83 Å². The molecule has 1 aromatic carbocycles. The van der Waals surface area contributed by atoms with Crippen LogP contribution >= 0.6 is 0 Å². The Morgan fingerprint density at radius 1 is 1.18 bits per heavy atom. The van der Waals surface area contributed by atoms with Crippen molar-refractivity contribution in [3.8, 4) is 0 Å². The maximum Gasteiger partial charge on any atom is 0.295 e. The van der Waals surface area contributed by atoms with Gasteiger partial charge in [-0.25, -0.2) is 0 Å². The van der Waals surface area contributed by atoms with Crippen LogP contribution in [-0.4, -0.2) is 11.5 Å². The van der Waals surface area contributed by atoms with E-state index in [0.717, 1.165) is 29.6 Å². The number of nitrogens with one attached hydrogen (secondary N) is 1. The Hall–Kier alpha value is -2.23. The van der Waals surface area contributed by atoms with Crippen LogP contribution in [-0.2, 0) is 6.42 Å². The van der Waals surface area contributed by atoms with Crippen LogP contribution in [0.2, 0.25) is 0 Å². The zero-order valence-corrected chi connectivity index (χ0v) is 9.22. The summed E-state index contributed by atoms with van der Waals surface area (Å²) in [5, 5.41) is 3.15. The molecule has 2 aromatic heterocycles. The van der Waals surface area contributed by atoms with E-state index >= 15 is 0 Å². The van der Waals surface area contributed by atoms with Crippen molar-refractivity contribution in [2.75, 3.05) is 11.9 Å². The van der Waals surface area contributed by atoms with Gasteiger partial charge in [0.05, 0.1) is 12.5 Å². The number of aromatic nitrogens is 1. The van der Waals surface area contributed by atoms with Crippen LogP contribution in [0.3, 0.4) is 0 Å². The summed E-state index contributed by atoms with van der Waals surface area (Å²) in [5.41, 5.74) is 2.84. The Labute approximate surface area is 98.3 Å². The number of hydrogen-bond donors (Lipinski definition) is 1. The molecule has 4 heteroatoms. The second-order valence-corrected chi connectivity index (χ2v) is 3.80. The predicted octanol–water partition coefficient (Wildman–Crippen LogP) is 3.08. The molecule has 3 aromatic rings. The lowest BCUT2D eigenvalue weighted by Gasteiger charge is -1.98. The molecular formula is C13H12N2O2. The summed E-state index contributed by atoms with van der Waals surface area (Å²) in [6.45, 7) is 0.770. The fourth-order valence-electron chi connectivity index (χ4n) is 1.70. The van der Waals surface area contributed by atoms with Crippen LogP contribution in [0.15, 0.2) is 51.7 Å². The van der Waals surface area contributed by atoms with E-state index in [1.54, 1.807) is 12.5 Å². The average molecular weight is 228 g/mol. The topological polar surface area (TPSA) is 51.2 Å². The molecule has 0 aliphatic heterocycles. The van der Waals surface area contributed by atoms with Crippen molar-refractivity contribution in [1.29, 1.82) is 0 Å². The average Bonchev–Trinajstić information content (AvgIpc) is 2.96. The third-order valence-electron chi connectivity index (χ3n) is 2.56. The van der Waals surface area contributed by atoms with Gasteiger partial charge in [-0.3, -0.25) is 0 Å². The maximum absolute atomic E-state index is 5.54. The zero-order valence-electron chi connectivity index (χ0n) is 9.22. The van der Waals surface area contributed by atoms with E-state index in [0.29, 0.717) is 6.01 Å². The van der Waals surface area contributed by atoms with Gasteiger partial charge in [0, 0.05) is 6.54 Å². The van der Waals surface area contributed by atoms with Crippen LogP contribution in [0.4, 0.5) is 6.01 Å². The van der Waals surface area contributed by atoms with Gasteiger partial charge in [0.15, 0.2) is 5.58 Å². The molecule has 1 N–H and O–H groups in total. The van der Waals surface area contributed by atoms with Gasteiger partial charge in [-0.1, -0.05) is 12.1 Å². The van der Waals surface area contributed by atoms with E-state index in [9.17, 15) is 0 Å². The third kappa shape index (κ3) is 2.15. The van der Waals surface area contributed by atoms with Gasteiger partial charge in [0.2, 0.25) is 0 Å². The first-order chi connectivity index (χ1) is 8.42. The normalized spacial score (nSPS) is 10.8. The summed E-state index contributed by atoms with van der Waals surface area (Å²) < 4.78 is 10.5. The van der Waals surface area contributed by atoms with Gasteiger partial charge in [0.1, 0.15) is 5.52 Å². The van der Waals surface area contributed by atoms with Crippen molar-refractivity contribution >= 4 is 17.1 Å². The first kappa shape index (κ1) is 9.96. The van der Waals surface area contributed by atoms with Crippen molar-refractivity contribution in [1.82, 2.24) is 4.98 Å². The van der Waals surface area contributed by atoms with Gasteiger partial charge in [-0.05, 0) is 30.2 Å². The third-order valence-corrected chi connectivity index (χ3v) is 2.56. The Bertz CT molecular complexity index is 566. The molecule has 0 aliphatic rings. The number of fused-ring (bicyclic) bond motifs is 1. The van der Waals surface area contributed by atoms with Crippen LogP contribution in [0, 0.1) is 0 Å². The van der Waals surface area contributed by atoms with Gasteiger partial charge >= 0.3 is 0 Å². The molecule has 2 heterocycles. The number of rotatable bonds is 4. The van der Waals surface area contributed by atoms with Crippen molar-refractivity contribution in [3.05, 3.63) is 48.4 Å². The molecule has 0 amide bonds. The zero-order chi connectivity index (χ0) is 11.5. The molecule has 0 saturated heterocycles. The molecule has 4 nitrogen and oxygen atoms in total. The van der Waals surface area contributed by atoms with Crippen molar-refractivity contribution in [3.63, 3.8) is 0 Å². The highest BCUT2D eigenvalue weighted by Crippen LogP contribution is 2.17. The number of benzene rings is 1. The summed E-state index contributed by atoms with van der Waals surface area (Å²) in [7, 11) is 0. The van der Waals surface area contributed by atoms with Crippen molar-refractivity contribution < 1.29 is 8.83 Å². The summed E-state index contributed by atoms with van der Waals surface area (Å²) in [6.07, 6.45) is 4.30. The van der Waals surface area contributed by atoms with Gasteiger partial charge in [0.25, 0.3) is 6.01 Å². The standard InChI is InChI=1S/C13H12N2O2/c1-2-4-12-11(3-1)15-13(17-12)14-7-5-10-6-8-16-9-10/h1-4,6,8-9H,5,7H2,(H,14,15). The van der Waals surface area contributed by atoms with Crippen LogP contribution < -0.4 is 5.32 Å². The number of para-hydroxylation sites is 2. The number of oxazole rings is 1. The molecule has 0 unspecified atom stereocenters. The smallest absolute Gasteiger partial charge is 0.295 e. The fraction of sp³-hybridized carbons (Fsp3) is 0.154. The first-order valence-corrected chi connectivity index (χ1v) is 5.52. The van der Waals surface area contributed by atoms with Crippen molar-refractivity contribution in [2.45, 2.75) is 6.42 Å². The molecule has 86 valence electrons. The molecule has 0 spiro atoms. The molecular weight excluding hydrogens is 216 g/mol. The second kappa shape index (κ2) is 4.33. The quantitative estimate of drug-likeness (QED) is 0.745.